The second-order valence-electron chi connectivity index (χ2n) is 2.79. The van der Waals surface area contributed by atoms with E-state index in [1.54, 1.807) is 0 Å². The fraction of sp³-hybridized carbons (Fsp3) is 0.500. The van der Waals surface area contributed by atoms with E-state index >= 15 is 0 Å². The second kappa shape index (κ2) is 3.07. The first-order valence-corrected chi connectivity index (χ1v) is 3.65. The van der Waals surface area contributed by atoms with Crippen molar-refractivity contribution in [3.63, 3.8) is 0 Å². The van der Waals surface area contributed by atoms with Crippen LogP contribution in [0.4, 0.5) is 0 Å². The highest BCUT2D eigenvalue weighted by atomic mass is 16.5. The van der Waals surface area contributed by atoms with E-state index in [9.17, 15) is 0 Å². The van der Waals surface area contributed by atoms with Crippen LogP contribution in [-0.2, 0) is 13.6 Å². The van der Waals surface area contributed by atoms with Gasteiger partial charge in [-0.05, 0) is 25.5 Å². The molecule has 0 bridgehead atoms. The van der Waals surface area contributed by atoms with Crippen molar-refractivity contribution in [3.8, 4) is 0 Å². The largest absolute Gasteiger partial charge is 0.352 e. The molecule has 0 aliphatic rings. The molecule has 1 aromatic rings. The zero-order chi connectivity index (χ0) is 8.43. The van der Waals surface area contributed by atoms with Gasteiger partial charge >= 0.3 is 0 Å². The Labute approximate surface area is 66.6 Å². The Kier molecular flexibility index (Phi) is 2.31. The van der Waals surface area contributed by atoms with Gasteiger partial charge in [-0.25, -0.2) is 5.48 Å². The van der Waals surface area contributed by atoms with Crippen LogP contribution < -0.4 is 5.48 Å². The Morgan fingerprint density at radius 3 is 2.55 bits per heavy atom. The second-order valence-corrected chi connectivity index (χ2v) is 2.79. The number of hydrogen-bond acceptors (Lipinski definition) is 2. The molecule has 1 aromatic heterocycles. The highest BCUT2D eigenvalue weighted by Crippen LogP contribution is 2.12. The van der Waals surface area contributed by atoms with Crippen LogP contribution in [0, 0.1) is 13.8 Å². The quantitative estimate of drug-likeness (QED) is 0.626. The molecule has 0 radical (unpaired) electrons. The average molecular weight is 154 g/mol. The summed E-state index contributed by atoms with van der Waals surface area (Å²) in [7, 11) is 2.02. The molecule has 0 saturated heterocycles. The number of nitrogens with one attached hydrogen (secondary N) is 1. The molecule has 11 heavy (non-hydrogen) atoms. The van der Waals surface area contributed by atoms with Crippen molar-refractivity contribution in [3.05, 3.63) is 23.0 Å². The number of aromatic nitrogens is 1. The average Bonchev–Trinajstić information content (AvgIpc) is 2.19. The van der Waals surface area contributed by atoms with Crippen LogP contribution in [0.1, 0.15) is 17.0 Å². The van der Waals surface area contributed by atoms with Crippen LogP contribution in [0.5, 0.6) is 0 Å². The van der Waals surface area contributed by atoms with E-state index in [-0.39, 0.29) is 0 Å². The minimum atomic E-state index is 0.521. The van der Waals surface area contributed by atoms with Gasteiger partial charge in [-0.15, -0.1) is 0 Å². The van der Waals surface area contributed by atoms with Crippen molar-refractivity contribution >= 4 is 0 Å². The minimum Gasteiger partial charge on any atom is -0.352 e. The lowest BCUT2D eigenvalue weighted by Gasteiger charge is -2.00. The van der Waals surface area contributed by atoms with Gasteiger partial charge in [0, 0.05) is 25.0 Å². The fourth-order valence-electron chi connectivity index (χ4n) is 1.20. The number of aryl methyl sites for hydroxylation is 1. The Morgan fingerprint density at radius 2 is 2.18 bits per heavy atom. The van der Waals surface area contributed by atoms with E-state index in [4.69, 9.17) is 5.21 Å². The summed E-state index contributed by atoms with van der Waals surface area (Å²) >= 11 is 0. The first-order valence-electron chi connectivity index (χ1n) is 3.65. The maximum Gasteiger partial charge on any atom is 0.0475 e. The topological polar surface area (TPSA) is 37.2 Å². The number of rotatable bonds is 2. The van der Waals surface area contributed by atoms with Crippen molar-refractivity contribution < 1.29 is 5.21 Å². The molecule has 0 aliphatic carbocycles. The van der Waals surface area contributed by atoms with Crippen LogP contribution in [0.3, 0.4) is 0 Å². The molecule has 0 aromatic carbocycles. The van der Waals surface area contributed by atoms with Gasteiger partial charge in [0.25, 0.3) is 0 Å². The van der Waals surface area contributed by atoms with Crippen LogP contribution in [0.2, 0.25) is 0 Å². The third-order valence-corrected chi connectivity index (χ3v) is 2.15. The summed E-state index contributed by atoms with van der Waals surface area (Å²) in [5, 5.41) is 8.49. The zero-order valence-corrected chi connectivity index (χ0v) is 7.18. The Hall–Kier alpha value is -0.800. The van der Waals surface area contributed by atoms with E-state index in [1.807, 2.05) is 20.9 Å². The summed E-state index contributed by atoms with van der Waals surface area (Å²) in [5.41, 5.74) is 5.71. The normalized spacial score (nSPS) is 10.5. The van der Waals surface area contributed by atoms with Crippen LogP contribution in [-0.4, -0.2) is 9.77 Å². The van der Waals surface area contributed by atoms with Crippen LogP contribution in [0.15, 0.2) is 6.07 Å². The number of hydrogen-bond donors (Lipinski definition) is 2. The van der Waals surface area contributed by atoms with Gasteiger partial charge in [0.05, 0.1) is 0 Å². The zero-order valence-electron chi connectivity index (χ0n) is 7.18. The van der Waals surface area contributed by atoms with Crippen molar-refractivity contribution in [2.45, 2.75) is 20.4 Å². The lowest BCUT2D eigenvalue weighted by atomic mass is 10.2. The molecular formula is C8H14N2O. The summed E-state index contributed by atoms with van der Waals surface area (Å²) < 4.78 is 2.10. The van der Waals surface area contributed by atoms with E-state index < -0.39 is 0 Å². The predicted octanol–water partition coefficient (Wildman–Crippen LogP) is 1.12. The van der Waals surface area contributed by atoms with E-state index in [2.05, 4.69) is 16.1 Å². The lowest BCUT2D eigenvalue weighted by molar-refractivity contribution is 0.161. The SMILES string of the molecule is Cc1cc(CNO)c(C)n1C. The summed E-state index contributed by atoms with van der Waals surface area (Å²) in [6.07, 6.45) is 0. The maximum absolute atomic E-state index is 8.49. The molecule has 0 aliphatic heterocycles. The van der Waals surface area contributed by atoms with Gasteiger partial charge in [0.15, 0.2) is 0 Å². The smallest absolute Gasteiger partial charge is 0.0475 e. The van der Waals surface area contributed by atoms with Gasteiger partial charge in [-0.1, -0.05) is 0 Å². The van der Waals surface area contributed by atoms with E-state index in [1.165, 1.54) is 11.4 Å². The molecular weight excluding hydrogens is 140 g/mol. The van der Waals surface area contributed by atoms with E-state index in [0.717, 1.165) is 5.56 Å². The molecule has 1 heterocycles. The van der Waals surface area contributed by atoms with Gasteiger partial charge in [0.2, 0.25) is 0 Å². The molecule has 3 nitrogen and oxygen atoms in total. The maximum atomic E-state index is 8.49. The molecule has 1 rings (SSSR count). The minimum absolute atomic E-state index is 0.521. The summed E-state index contributed by atoms with van der Waals surface area (Å²) in [5.74, 6) is 0. The molecule has 3 heteroatoms. The van der Waals surface area contributed by atoms with Crippen molar-refractivity contribution in [2.24, 2.45) is 7.05 Å². The number of hydroxylamine groups is 1. The highest BCUT2D eigenvalue weighted by molar-refractivity contribution is 5.25. The molecule has 0 atom stereocenters. The summed E-state index contributed by atoms with van der Waals surface area (Å²) in [6.45, 7) is 4.61. The van der Waals surface area contributed by atoms with Crippen molar-refractivity contribution in [1.82, 2.24) is 10.0 Å². The van der Waals surface area contributed by atoms with Gasteiger partial charge in [-0.3, -0.25) is 0 Å². The third-order valence-electron chi connectivity index (χ3n) is 2.15. The Morgan fingerprint density at radius 1 is 1.55 bits per heavy atom. The summed E-state index contributed by atoms with van der Waals surface area (Å²) in [4.78, 5) is 0. The standard InChI is InChI=1S/C8H14N2O/c1-6-4-8(5-9-11)7(2)10(6)3/h4,9,11H,5H2,1-3H3. The van der Waals surface area contributed by atoms with Gasteiger partial charge in [-0.2, -0.15) is 0 Å². The fourth-order valence-corrected chi connectivity index (χ4v) is 1.20. The Balaban J connectivity index is 2.98. The monoisotopic (exact) mass is 154 g/mol. The van der Waals surface area contributed by atoms with E-state index in [0.29, 0.717) is 6.54 Å². The third kappa shape index (κ3) is 1.44. The van der Waals surface area contributed by atoms with Crippen LogP contribution in [0.25, 0.3) is 0 Å². The number of nitrogens with zero attached hydrogens (tertiary/aromatic N) is 1. The Bertz CT molecular complexity index is 253. The van der Waals surface area contributed by atoms with Gasteiger partial charge in [0.1, 0.15) is 0 Å². The first-order chi connectivity index (χ1) is 5.16. The molecule has 0 saturated carbocycles. The molecule has 0 spiro atoms. The summed E-state index contributed by atoms with van der Waals surface area (Å²) in [6, 6.07) is 2.07. The lowest BCUT2D eigenvalue weighted by Crippen LogP contribution is -2.06. The van der Waals surface area contributed by atoms with Crippen LogP contribution >= 0.6 is 0 Å². The molecule has 2 N–H and O–H groups in total. The predicted molar refractivity (Wildman–Crippen MR) is 43.5 cm³/mol. The first kappa shape index (κ1) is 8.30. The van der Waals surface area contributed by atoms with Crippen molar-refractivity contribution in [2.75, 3.05) is 0 Å². The van der Waals surface area contributed by atoms with Gasteiger partial charge < -0.3 is 9.77 Å². The molecule has 0 fully saturated rings. The highest BCUT2D eigenvalue weighted by Gasteiger charge is 2.03. The molecule has 0 unspecified atom stereocenters. The molecule has 62 valence electrons. The molecule has 0 amide bonds. The van der Waals surface area contributed by atoms with Crippen molar-refractivity contribution in [1.29, 1.82) is 0 Å².